The molecule has 0 aliphatic heterocycles. The third-order valence-corrected chi connectivity index (χ3v) is 6.81. The molecule has 0 aromatic heterocycles. The van der Waals surface area contributed by atoms with Crippen LogP contribution in [0.1, 0.15) is 103 Å². The van der Waals surface area contributed by atoms with Gasteiger partial charge in [-0.05, 0) is 74.8 Å². The number of aryl methyl sites for hydroxylation is 2. The number of nitrogens with zero attached hydrogens (tertiary/aromatic N) is 2. The Hall–Kier alpha value is -2.91. The van der Waals surface area contributed by atoms with Gasteiger partial charge in [-0.15, -0.1) is 11.5 Å². The van der Waals surface area contributed by atoms with Crippen LogP contribution in [-0.4, -0.2) is 11.4 Å². The van der Waals surface area contributed by atoms with Crippen molar-refractivity contribution in [2.75, 3.05) is 0 Å². The monoisotopic (exact) mass is 598 g/mol. The van der Waals surface area contributed by atoms with Crippen LogP contribution >= 0.6 is 0 Å². The molecule has 0 radical (unpaired) electrons. The normalized spacial score (nSPS) is 11.4. The van der Waals surface area contributed by atoms with Crippen LogP contribution < -0.4 is 10.2 Å². The molecule has 0 fully saturated rings. The summed E-state index contributed by atoms with van der Waals surface area (Å²) in [5.41, 5.74) is 6.02. The Kier molecular flexibility index (Phi) is 19.2. The van der Waals surface area contributed by atoms with E-state index in [0.717, 1.165) is 73.3 Å². The zero-order chi connectivity index (χ0) is 29.0. The molecule has 0 bridgehead atoms. The first kappa shape index (κ1) is 36.1. The standard InChI is InChI=1S/C24H32N2.C12H18O2.Ni/c1-3-5-7-14-20-24(26-22-17-12-9-13-18-22)23(19-6-4-2)25-21-15-10-8-11-16-21;1-3-5-6-10-7-9(4-2)8-11(13)12(10)14;/h8-13,15-18H,3-7,14,19-20H2,1-2H3;7-8,13-14H,3-6H2,1-2H3;/q;;+2/p-2. The molecule has 0 saturated carbocycles. The van der Waals surface area contributed by atoms with E-state index >= 15 is 0 Å². The Morgan fingerprint density at radius 3 is 1.61 bits per heavy atom. The first-order valence-corrected chi connectivity index (χ1v) is 15.3. The van der Waals surface area contributed by atoms with E-state index in [9.17, 15) is 10.2 Å². The summed E-state index contributed by atoms with van der Waals surface area (Å²) in [7, 11) is 0. The molecule has 0 aliphatic rings. The van der Waals surface area contributed by atoms with Crippen molar-refractivity contribution < 1.29 is 26.7 Å². The van der Waals surface area contributed by atoms with Gasteiger partial charge in [-0.1, -0.05) is 114 Å². The average molecular weight is 599 g/mol. The largest absolute Gasteiger partial charge is 2.00 e. The second-order valence-corrected chi connectivity index (χ2v) is 10.2. The second-order valence-electron chi connectivity index (χ2n) is 10.2. The summed E-state index contributed by atoms with van der Waals surface area (Å²) >= 11 is 0. The fourth-order valence-corrected chi connectivity index (χ4v) is 4.39. The smallest absolute Gasteiger partial charge is 0.873 e. The van der Waals surface area contributed by atoms with E-state index in [1.54, 1.807) is 0 Å². The summed E-state index contributed by atoms with van der Waals surface area (Å²) in [5, 5.41) is 22.7. The summed E-state index contributed by atoms with van der Waals surface area (Å²) < 4.78 is 0. The van der Waals surface area contributed by atoms with Crippen LogP contribution in [0.5, 0.6) is 11.5 Å². The van der Waals surface area contributed by atoms with Gasteiger partial charge in [0.2, 0.25) is 0 Å². The Morgan fingerprint density at radius 2 is 1.12 bits per heavy atom. The van der Waals surface area contributed by atoms with Crippen LogP contribution in [0.3, 0.4) is 0 Å². The summed E-state index contributed by atoms with van der Waals surface area (Å²) in [4.78, 5) is 9.97. The number of benzene rings is 3. The van der Waals surface area contributed by atoms with Crippen molar-refractivity contribution in [3.63, 3.8) is 0 Å². The molecule has 0 N–H and O–H groups in total. The van der Waals surface area contributed by atoms with Crippen LogP contribution in [0.2, 0.25) is 0 Å². The van der Waals surface area contributed by atoms with Gasteiger partial charge in [0.05, 0.1) is 22.8 Å². The molecule has 0 unspecified atom stereocenters. The van der Waals surface area contributed by atoms with Crippen LogP contribution in [0, 0.1) is 0 Å². The molecule has 224 valence electrons. The number of hydrogen-bond acceptors (Lipinski definition) is 4. The van der Waals surface area contributed by atoms with E-state index in [1.807, 2.05) is 49.4 Å². The van der Waals surface area contributed by atoms with Crippen molar-refractivity contribution >= 4 is 22.8 Å². The molecule has 0 aliphatic carbocycles. The van der Waals surface area contributed by atoms with Crippen molar-refractivity contribution in [3.8, 4) is 11.5 Å². The minimum absolute atomic E-state index is 0. The maximum atomic E-state index is 11.4. The van der Waals surface area contributed by atoms with Gasteiger partial charge in [0, 0.05) is 0 Å². The summed E-state index contributed by atoms with van der Waals surface area (Å²) in [5.74, 6) is -0.661. The maximum absolute atomic E-state index is 11.4. The van der Waals surface area contributed by atoms with Gasteiger partial charge in [0.15, 0.2) is 0 Å². The fraction of sp³-hybridized carbons (Fsp3) is 0.444. The first-order chi connectivity index (χ1) is 19.5. The molecule has 41 heavy (non-hydrogen) atoms. The number of rotatable bonds is 15. The van der Waals surface area contributed by atoms with Gasteiger partial charge in [0.25, 0.3) is 0 Å². The van der Waals surface area contributed by atoms with E-state index < -0.39 is 0 Å². The van der Waals surface area contributed by atoms with Crippen molar-refractivity contribution in [2.45, 2.75) is 105 Å². The fourth-order valence-electron chi connectivity index (χ4n) is 4.39. The third-order valence-electron chi connectivity index (χ3n) is 6.81. The molecule has 0 spiro atoms. The Bertz CT molecular complexity index is 1160. The number of aliphatic imine (C=N–C) groups is 2. The molecule has 4 nitrogen and oxygen atoms in total. The second kappa shape index (κ2) is 21.8. The molecule has 3 aromatic rings. The number of para-hydroxylation sites is 2. The van der Waals surface area contributed by atoms with Gasteiger partial charge in [-0.25, -0.2) is 0 Å². The van der Waals surface area contributed by atoms with Crippen molar-refractivity contribution in [3.05, 3.63) is 83.9 Å². The zero-order valence-corrected chi connectivity index (χ0v) is 26.4. The molecule has 0 amide bonds. The zero-order valence-electron chi connectivity index (χ0n) is 25.4. The minimum Gasteiger partial charge on any atom is -0.873 e. The summed E-state index contributed by atoms with van der Waals surface area (Å²) in [6.07, 6.45) is 12.9. The predicted octanol–water partition coefficient (Wildman–Crippen LogP) is 9.43. The maximum Gasteiger partial charge on any atom is 2.00 e. The van der Waals surface area contributed by atoms with Crippen molar-refractivity contribution in [1.29, 1.82) is 0 Å². The van der Waals surface area contributed by atoms with Crippen molar-refractivity contribution in [2.24, 2.45) is 9.98 Å². The quantitative estimate of drug-likeness (QED) is 0.0992. The van der Waals surface area contributed by atoms with Crippen LogP contribution in [0.4, 0.5) is 11.4 Å². The van der Waals surface area contributed by atoms with E-state index in [-0.39, 0.29) is 28.0 Å². The molecular formula is C36H48N2NiO2. The first-order valence-electron chi connectivity index (χ1n) is 15.3. The Balaban J connectivity index is 0.000000475. The minimum atomic E-state index is -0.351. The molecule has 3 rings (SSSR count). The van der Waals surface area contributed by atoms with Gasteiger partial charge in [0.1, 0.15) is 0 Å². The van der Waals surface area contributed by atoms with Crippen molar-refractivity contribution in [1.82, 2.24) is 0 Å². The van der Waals surface area contributed by atoms with E-state index in [1.165, 1.54) is 38.2 Å². The van der Waals surface area contributed by atoms with E-state index in [0.29, 0.717) is 5.56 Å². The van der Waals surface area contributed by atoms with Crippen LogP contribution in [0.25, 0.3) is 0 Å². The molecule has 0 heterocycles. The third kappa shape index (κ3) is 14.0. The van der Waals surface area contributed by atoms with E-state index in [2.05, 4.69) is 45.0 Å². The van der Waals surface area contributed by atoms with E-state index in [4.69, 9.17) is 9.98 Å². The van der Waals surface area contributed by atoms with Crippen LogP contribution in [-0.2, 0) is 29.3 Å². The molecular weight excluding hydrogens is 551 g/mol. The van der Waals surface area contributed by atoms with Crippen LogP contribution in [0.15, 0.2) is 82.8 Å². The molecule has 0 saturated heterocycles. The van der Waals surface area contributed by atoms with Gasteiger partial charge in [-0.2, -0.15) is 0 Å². The van der Waals surface area contributed by atoms with Gasteiger partial charge < -0.3 is 10.2 Å². The Morgan fingerprint density at radius 1 is 0.610 bits per heavy atom. The predicted molar refractivity (Wildman–Crippen MR) is 169 cm³/mol. The topological polar surface area (TPSA) is 70.8 Å². The number of unbranched alkanes of at least 4 members (excludes halogenated alkanes) is 5. The molecule has 3 aromatic carbocycles. The number of hydrogen-bond donors (Lipinski definition) is 0. The van der Waals surface area contributed by atoms with Gasteiger partial charge >= 0.3 is 16.5 Å². The average Bonchev–Trinajstić information content (AvgIpc) is 2.99. The molecule has 0 atom stereocenters. The SMILES string of the molecule is CCCCCCC(=Nc1ccccc1)C(CCCC)=Nc1ccccc1.CCCCc1cc(CC)cc([O-])c1[O-].[Ni+2]. The Labute approximate surface area is 259 Å². The van der Waals surface area contributed by atoms with Gasteiger partial charge in [-0.3, -0.25) is 9.98 Å². The summed E-state index contributed by atoms with van der Waals surface area (Å²) in [6.45, 7) is 8.55. The molecule has 5 heteroatoms. The summed E-state index contributed by atoms with van der Waals surface area (Å²) in [6, 6.07) is 23.9.